The van der Waals surface area contributed by atoms with Gasteiger partial charge in [-0.15, -0.1) is 0 Å². The van der Waals surface area contributed by atoms with Gasteiger partial charge in [0.05, 0.1) is 12.1 Å². The highest BCUT2D eigenvalue weighted by Crippen LogP contribution is 2.34. The van der Waals surface area contributed by atoms with Crippen molar-refractivity contribution in [1.82, 2.24) is 4.98 Å². The summed E-state index contributed by atoms with van der Waals surface area (Å²) in [5, 5.41) is 0.785. The first-order valence-corrected chi connectivity index (χ1v) is 4.97. The lowest BCUT2D eigenvalue weighted by molar-refractivity contribution is 0.360. The lowest BCUT2D eigenvalue weighted by Gasteiger charge is -2.06. The number of fused-ring (bicyclic) bond motifs is 3. The number of hydrogen-bond donors (Lipinski definition) is 0. The van der Waals surface area contributed by atoms with Crippen LogP contribution >= 0.6 is 0 Å². The fraction of sp³-hybridized carbons (Fsp3) is 0.250. The van der Waals surface area contributed by atoms with Gasteiger partial charge in [-0.05, 0) is 25.1 Å². The third-order valence-electron chi connectivity index (χ3n) is 2.80. The number of aromatic nitrogens is 1. The van der Waals surface area contributed by atoms with Crippen molar-refractivity contribution >= 4 is 10.9 Å². The molecule has 1 aliphatic heterocycles. The van der Waals surface area contributed by atoms with Crippen LogP contribution in [0.3, 0.4) is 0 Å². The summed E-state index contributed by atoms with van der Waals surface area (Å²) in [6, 6.07) is 4.61. The van der Waals surface area contributed by atoms with E-state index in [0.717, 1.165) is 34.3 Å². The first-order chi connectivity index (χ1) is 7.25. The van der Waals surface area contributed by atoms with Gasteiger partial charge in [-0.3, -0.25) is 4.98 Å². The van der Waals surface area contributed by atoms with E-state index in [-0.39, 0.29) is 5.82 Å². The van der Waals surface area contributed by atoms with E-state index in [4.69, 9.17) is 4.74 Å². The van der Waals surface area contributed by atoms with E-state index < -0.39 is 0 Å². The third kappa shape index (κ3) is 1.19. The van der Waals surface area contributed by atoms with E-state index in [0.29, 0.717) is 6.61 Å². The van der Waals surface area contributed by atoms with Crippen LogP contribution in [0.2, 0.25) is 0 Å². The molecule has 15 heavy (non-hydrogen) atoms. The van der Waals surface area contributed by atoms with E-state index in [1.165, 1.54) is 12.1 Å². The topological polar surface area (TPSA) is 22.1 Å². The molecular weight excluding hydrogens is 193 g/mol. The Labute approximate surface area is 86.7 Å². The Morgan fingerprint density at radius 3 is 3.13 bits per heavy atom. The van der Waals surface area contributed by atoms with Gasteiger partial charge in [0.25, 0.3) is 0 Å². The summed E-state index contributed by atoms with van der Waals surface area (Å²) in [7, 11) is 0. The molecule has 0 N–H and O–H groups in total. The first-order valence-electron chi connectivity index (χ1n) is 4.97. The summed E-state index contributed by atoms with van der Waals surface area (Å²) in [5.41, 5.74) is 2.91. The third-order valence-corrected chi connectivity index (χ3v) is 2.80. The van der Waals surface area contributed by atoms with Crippen LogP contribution < -0.4 is 4.74 Å². The fourth-order valence-electron chi connectivity index (χ4n) is 2.08. The average molecular weight is 203 g/mol. The van der Waals surface area contributed by atoms with E-state index in [2.05, 4.69) is 4.98 Å². The van der Waals surface area contributed by atoms with Crippen molar-refractivity contribution in [3.63, 3.8) is 0 Å². The summed E-state index contributed by atoms with van der Waals surface area (Å²) in [6.45, 7) is 2.64. The zero-order chi connectivity index (χ0) is 10.4. The van der Waals surface area contributed by atoms with Crippen LogP contribution in [0.5, 0.6) is 5.75 Å². The molecule has 0 aliphatic carbocycles. The second kappa shape index (κ2) is 2.92. The molecule has 0 bridgehead atoms. The monoisotopic (exact) mass is 203 g/mol. The molecule has 76 valence electrons. The normalized spacial score (nSPS) is 14.0. The van der Waals surface area contributed by atoms with Gasteiger partial charge >= 0.3 is 0 Å². The quantitative estimate of drug-likeness (QED) is 0.656. The molecule has 0 amide bonds. The van der Waals surface area contributed by atoms with Crippen LogP contribution in [0.15, 0.2) is 18.2 Å². The Balaban J connectivity index is 2.44. The summed E-state index contributed by atoms with van der Waals surface area (Å²) in [5.74, 6) is 0.572. The second-order valence-electron chi connectivity index (χ2n) is 3.76. The van der Waals surface area contributed by atoms with Gasteiger partial charge in [-0.1, -0.05) is 0 Å². The predicted octanol–water partition coefficient (Wildman–Crippen LogP) is 2.62. The number of halogens is 1. The van der Waals surface area contributed by atoms with Crippen LogP contribution in [0.1, 0.15) is 11.3 Å². The van der Waals surface area contributed by atoms with Crippen molar-refractivity contribution < 1.29 is 9.13 Å². The lowest BCUT2D eigenvalue weighted by Crippen LogP contribution is -1.91. The number of benzene rings is 1. The van der Waals surface area contributed by atoms with Crippen molar-refractivity contribution in [2.24, 2.45) is 0 Å². The first kappa shape index (κ1) is 8.65. The Morgan fingerprint density at radius 1 is 1.40 bits per heavy atom. The molecule has 0 fully saturated rings. The van der Waals surface area contributed by atoms with Gasteiger partial charge < -0.3 is 4.74 Å². The maximum Gasteiger partial charge on any atom is 0.133 e. The van der Waals surface area contributed by atoms with Crippen molar-refractivity contribution in [3.05, 3.63) is 35.3 Å². The van der Waals surface area contributed by atoms with Crippen molar-refractivity contribution in [2.75, 3.05) is 6.61 Å². The molecule has 1 aromatic heterocycles. The molecule has 1 aliphatic rings. The smallest absolute Gasteiger partial charge is 0.133 e. The molecule has 0 saturated carbocycles. The molecule has 3 rings (SSSR count). The van der Waals surface area contributed by atoms with Gasteiger partial charge in [0.1, 0.15) is 11.6 Å². The van der Waals surface area contributed by atoms with Gasteiger partial charge in [0.15, 0.2) is 0 Å². The van der Waals surface area contributed by atoms with Crippen molar-refractivity contribution in [2.45, 2.75) is 13.3 Å². The predicted molar refractivity (Wildman–Crippen MR) is 55.6 cm³/mol. The second-order valence-corrected chi connectivity index (χ2v) is 3.76. The van der Waals surface area contributed by atoms with Crippen LogP contribution in [-0.4, -0.2) is 11.6 Å². The van der Waals surface area contributed by atoms with E-state index in [9.17, 15) is 4.39 Å². The Hall–Kier alpha value is -1.64. The number of hydrogen-bond acceptors (Lipinski definition) is 2. The number of nitrogens with zero attached hydrogens (tertiary/aromatic N) is 1. The summed E-state index contributed by atoms with van der Waals surface area (Å²) in [6.07, 6.45) is 0.876. The molecule has 3 heteroatoms. The molecular formula is C12H10FNO. The van der Waals surface area contributed by atoms with Gasteiger partial charge in [-0.2, -0.15) is 0 Å². The average Bonchev–Trinajstić information content (AvgIpc) is 2.69. The minimum absolute atomic E-state index is 0.245. The highest BCUT2D eigenvalue weighted by molar-refractivity contribution is 5.87. The van der Waals surface area contributed by atoms with Crippen LogP contribution in [-0.2, 0) is 6.42 Å². The molecule has 2 nitrogen and oxygen atoms in total. The molecule has 0 radical (unpaired) electrons. The van der Waals surface area contributed by atoms with Gasteiger partial charge in [0.2, 0.25) is 0 Å². The molecule has 2 aromatic rings. The molecule has 0 unspecified atom stereocenters. The van der Waals surface area contributed by atoms with Gasteiger partial charge in [-0.25, -0.2) is 4.39 Å². The van der Waals surface area contributed by atoms with E-state index in [1.807, 2.05) is 6.92 Å². The Bertz CT molecular complexity index is 551. The standard InChI is InChI=1S/C12H10FNO/c1-7-9-4-5-15-12(9)10-6-8(13)2-3-11(10)14-7/h2-3,6H,4-5H2,1H3. The maximum atomic E-state index is 13.1. The fourth-order valence-corrected chi connectivity index (χ4v) is 2.08. The summed E-state index contributed by atoms with van der Waals surface area (Å²) >= 11 is 0. The Morgan fingerprint density at radius 2 is 2.27 bits per heavy atom. The zero-order valence-electron chi connectivity index (χ0n) is 8.38. The van der Waals surface area contributed by atoms with Crippen LogP contribution in [0.4, 0.5) is 4.39 Å². The lowest BCUT2D eigenvalue weighted by atomic mass is 10.1. The molecule has 0 saturated heterocycles. The highest BCUT2D eigenvalue weighted by atomic mass is 19.1. The minimum atomic E-state index is -0.245. The Kier molecular flexibility index (Phi) is 1.69. The SMILES string of the molecule is Cc1nc2ccc(F)cc2c2c1CCO2. The number of aryl methyl sites for hydroxylation is 1. The minimum Gasteiger partial charge on any atom is -0.492 e. The molecule has 2 heterocycles. The number of pyridine rings is 1. The molecule has 0 atom stereocenters. The summed E-state index contributed by atoms with van der Waals surface area (Å²) < 4.78 is 18.7. The van der Waals surface area contributed by atoms with Crippen molar-refractivity contribution in [3.8, 4) is 5.75 Å². The largest absolute Gasteiger partial charge is 0.492 e. The number of rotatable bonds is 0. The van der Waals surface area contributed by atoms with E-state index >= 15 is 0 Å². The molecule has 1 aromatic carbocycles. The maximum absolute atomic E-state index is 13.1. The van der Waals surface area contributed by atoms with Crippen LogP contribution in [0.25, 0.3) is 10.9 Å². The molecule has 0 spiro atoms. The van der Waals surface area contributed by atoms with Crippen molar-refractivity contribution in [1.29, 1.82) is 0 Å². The van der Waals surface area contributed by atoms with Crippen LogP contribution in [0, 0.1) is 12.7 Å². The highest BCUT2D eigenvalue weighted by Gasteiger charge is 2.19. The van der Waals surface area contributed by atoms with Gasteiger partial charge in [0, 0.05) is 23.1 Å². The zero-order valence-corrected chi connectivity index (χ0v) is 8.38. The number of ether oxygens (including phenoxy) is 1. The summed E-state index contributed by atoms with van der Waals surface area (Å²) in [4.78, 5) is 4.44. The van der Waals surface area contributed by atoms with E-state index in [1.54, 1.807) is 6.07 Å².